The number of rotatable bonds is 6. The van der Waals surface area contributed by atoms with Crippen LogP contribution >= 0.6 is 11.7 Å². The average molecular weight is 465 g/mol. The maximum Gasteiger partial charge on any atom is 1.00 e. The Balaban J connectivity index is 0.00000306. The summed E-state index contributed by atoms with van der Waals surface area (Å²) in [7, 11) is 0. The minimum Gasteiger partial charge on any atom is -0.545 e. The number of nitrogens with zero attached hydrogens (tertiary/aromatic N) is 2. The fraction of sp³-hybridized carbons (Fsp3) is 0.154. The Kier molecular flexibility index (Phi) is 7.97. The topological polar surface area (TPSA) is 83.0 Å². The first-order valence-corrected chi connectivity index (χ1v) is 10.9. The number of hydrogen-bond donors (Lipinski definition) is 0. The van der Waals surface area contributed by atoms with Gasteiger partial charge in [0.1, 0.15) is 11.0 Å². The molecule has 4 rings (SSSR count). The zero-order valence-electron chi connectivity index (χ0n) is 19.0. The maximum absolute atomic E-state index is 13.6. The van der Waals surface area contributed by atoms with Gasteiger partial charge in [-0.15, -0.1) is 0 Å². The molecule has 33 heavy (non-hydrogen) atoms. The molecule has 3 aromatic carbocycles. The van der Waals surface area contributed by atoms with Crippen molar-refractivity contribution in [2.24, 2.45) is 0 Å². The summed E-state index contributed by atoms with van der Waals surface area (Å²) in [6.07, 6.45) is 0.169. The smallest absolute Gasteiger partial charge is 0.545 e. The third kappa shape index (κ3) is 5.47. The van der Waals surface area contributed by atoms with Gasteiger partial charge in [0.05, 0.1) is 17.7 Å². The van der Waals surface area contributed by atoms with Crippen molar-refractivity contribution in [3.8, 4) is 0 Å². The zero-order valence-corrected chi connectivity index (χ0v) is 21.8. The largest absolute Gasteiger partial charge is 1.00 e. The van der Waals surface area contributed by atoms with Crippen molar-refractivity contribution in [1.82, 2.24) is 8.75 Å². The molecule has 0 spiro atoms. The number of aryl methyl sites for hydroxylation is 3. The van der Waals surface area contributed by atoms with Crippen LogP contribution in [0, 0.1) is 20.8 Å². The maximum atomic E-state index is 13.6. The van der Waals surface area contributed by atoms with Gasteiger partial charge >= 0.3 is 29.6 Å². The quantitative estimate of drug-likeness (QED) is 0.244. The van der Waals surface area contributed by atoms with Crippen LogP contribution in [0.3, 0.4) is 0 Å². The van der Waals surface area contributed by atoms with Crippen molar-refractivity contribution in [1.29, 1.82) is 0 Å². The van der Waals surface area contributed by atoms with Crippen LogP contribution in [0.4, 0.5) is 0 Å². The molecule has 0 aliphatic carbocycles. The second-order valence-corrected chi connectivity index (χ2v) is 8.43. The Hall–Kier alpha value is -2.64. The fourth-order valence-electron chi connectivity index (χ4n) is 3.60. The summed E-state index contributed by atoms with van der Waals surface area (Å²) >= 11 is 1.05. The van der Waals surface area contributed by atoms with Gasteiger partial charge in [0.2, 0.25) is 0 Å². The molecule has 160 valence electrons. The van der Waals surface area contributed by atoms with Crippen molar-refractivity contribution in [2.75, 3.05) is 0 Å². The summed E-state index contributed by atoms with van der Waals surface area (Å²) in [6, 6.07) is 18.1. The van der Waals surface area contributed by atoms with Crippen molar-refractivity contribution >= 4 is 40.1 Å². The van der Waals surface area contributed by atoms with E-state index >= 15 is 0 Å². The predicted octanol–water partition coefficient (Wildman–Crippen LogP) is 1.25. The van der Waals surface area contributed by atoms with Crippen molar-refractivity contribution in [2.45, 2.75) is 27.2 Å². The molecule has 0 atom stereocenters. The Bertz CT molecular complexity index is 1370. The molecular weight excluding hydrogens is 443 g/mol. The summed E-state index contributed by atoms with van der Waals surface area (Å²) in [5.41, 5.74) is 6.11. The van der Waals surface area contributed by atoms with E-state index in [4.69, 9.17) is 0 Å². The fourth-order valence-corrected chi connectivity index (χ4v) is 4.12. The van der Waals surface area contributed by atoms with Gasteiger partial charge in [0, 0.05) is 23.1 Å². The van der Waals surface area contributed by atoms with E-state index in [2.05, 4.69) is 8.75 Å². The first-order chi connectivity index (χ1) is 15.3. The number of aliphatic carboxylic acids is 1. The van der Waals surface area contributed by atoms with Crippen molar-refractivity contribution < 1.29 is 44.3 Å². The van der Waals surface area contributed by atoms with E-state index in [0.29, 0.717) is 22.2 Å². The van der Waals surface area contributed by atoms with E-state index in [-0.39, 0.29) is 52.9 Å². The van der Waals surface area contributed by atoms with Gasteiger partial charge in [0.25, 0.3) is 0 Å². The van der Waals surface area contributed by atoms with Gasteiger partial charge in [-0.25, -0.2) is 0 Å². The standard InChI is InChI=1S/C26H22N2O3S.Na/c1-15-4-7-18(8-5-15)13-21(25(29)20-9-6-16(2)17(3)12-20)24(26(30)31)19-10-11-22-23(14-19)28-32-27-22;/h4-12,14H,13H2,1-3H3,(H,30,31);/q;+1/p-1/b24-21+;. The Morgan fingerprint density at radius 3 is 2.15 bits per heavy atom. The normalized spacial score (nSPS) is 11.6. The SMILES string of the molecule is Cc1ccc(C/C(C(=O)c2ccc(C)c(C)c2)=C(\C(=O)[O-])c2ccc3nsnc3c2)cc1.[Na+]. The predicted molar refractivity (Wildman–Crippen MR) is 124 cm³/mol. The third-order valence-corrected chi connectivity index (χ3v) is 6.15. The van der Waals surface area contributed by atoms with Gasteiger partial charge in [0.15, 0.2) is 5.78 Å². The number of Topliss-reactive ketones (excluding diaryl/α,β-unsaturated/α-hetero) is 1. The molecule has 0 radical (unpaired) electrons. The summed E-state index contributed by atoms with van der Waals surface area (Å²) < 4.78 is 8.38. The van der Waals surface area contributed by atoms with Gasteiger partial charge in [-0.2, -0.15) is 8.75 Å². The number of aromatic nitrogens is 2. The first-order valence-electron chi connectivity index (χ1n) is 10.2. The minimum atomic E-state index is -1.40. The van der Waals surface area contributed by atoms with Crippen molar-refractivity contribution in [3.63, 3.8) is 0 Å². The zero-order chi connectivity index (χ0) is 22.8. The number of fused-ring (bicyclic) bond motifs is 1. The molecule has 0 bridgehead atoms. The van der Waals surface area contributed by atoms with Gasteiger partial charge in [-0.1, -0.05) is 48.0 Å². The molecule has 0 fully saturated rings. The number of allylic oxidation sites excluding steroid dienone is 1. The second kappa shape index (κ2) is 10.5. The molecule has 0 saturated heterocycles. The van der Waals surface area contributed by atoms with Gasteiger partial charge < -0.3 is 9.90 Å². The molecule has 0 aliphatic rings. The molecule has 1 aromatic heterocycles. The van der Waals surface area contributed by atoms with E-state index < -0.39 is 5.97 Å². The minimum absolute atomic E-state index is 0. The summed E-state index contributed by atoms with van der Waals surface area (Å²) in [5.74, 6) is -1.73. The molecule has 5 nitrogen and oxygen atoms in total. The number of hydrogen-bond acceptors (Lipinski definition) is 6. The Morgan fingerprint density at radius 1 is 0.818 bits per heavy atom. The van der Waals surface area contributed by atoms with Crippen LogP contribution in [0.25, 0.3) is 16.6 Å². The van der Waals surface area contributed by atoms with Crippen LogP contribution in [-0.4, -0.2) is 20.5 Å². The molecule has 0 N–H and O–H groups in total. The van der Waals surface area contributed by atoms with E-state index in [1.165, 1.54) is 0 Å². The van der Waals surface area contributed by atoms with Gasteiger partial charge in [-0.3, -0.25) is 4.79 Å². The van der Waals surface area contributed by atoms with Crippen LogP contribution in [0.15, 0.2) is 66.2 Å². The third-order valence-electron chi connectivity index (χ3n) is 5.59. The van der Waals surface area contributed by atoms with Crippen LogP contribution in [-0.2, 0) is 11.2 Å². The number of carbonyl (C=O) groups excluding carboxylic acids is 2. The number of carboxylic acids is 1. The van der Waals surface area contributed by atoms with E-state index in [9.17, 15) is 14.7 Å². The molecular formula is C26H21N2NaO3S. The van der Waals surface area contributed by atoms with Crippen LogP contribution < -0.4 is 34.7 Å². The summed E-state index contributed by atoms with van der Waals surface area (Å²) in [4.78, 5) is 26.0. The van der Waals surface area contributed by atoms with Gasteiger partial charge in [-0.05, 0) is 61.2 Å². The molecule has 0 unspecified atom stereocenters. The molecule has 7 heteroatoms. The number of carboxylic acid groups (broad SMARTS) is 1. The van der Waals surface area contributed by atoms with E-state index in [1.54, 1.807) is 30.3 Å². The Labute approximate surface area is 218 Å². The number of ketones is 1. The summed E-state index contributed by atoms with van der Waals surface area (Å²) in [5, 5.41) is 12.4. The number of benzene rings is 3. The monoisotopic (exact) mass is 464 g/mol. The van der Waals surface area contributed by atoms with Crippen LogP contribution in [0.5, 0.6) is 0 Å². The Morgan fingerprint density at radius 2 is 1.48 bits per heavy atom. The number of carbonyl (C=O) groups is 2. The molecule has 0 amide bonds. The average Bonchev–Trinajstić information content (AvgIpc) is 3.24. The molecule has 0 saturated carbocycles. The summed E-state index contributed by atoms with van der Waals surface area (Å²) in [6.45, 7) is 5.87. The van der Waals surface area contributed by atoms with Crippen LogP contribution in [0.1, 0.15) is 38.2 Å². The van der Waals surface area contributed by atoms with E-state index in [1.807, 2.05) is 51.1 Å². The van der Waals surface area contributed by atoms with E-state index in [0.717, 1.165) is 34.0 Å². The first kappa shape index (κ1) is 25.0. The molecule has 4 aromatic rings. The molecule has 1 heterocycles. The molecule has 0 aliphatic heterocycles. The van der Waals surface area contributed by atoms with Crippen molar-refractivity contribution in [3.05, 3.63) is 99.6 Å². The second-order valence-electron chi connectivity index (χ2n) is 7.90. The van der Waals surface area contributed by atoms with Crippen LogP contribution in [0.2, 0.25) is 0 Å².